The highest BCUT2D eigenvalue weighted by molar-refractivity contribution is 5.98. The number of aryl methyl sites for hydroxylation is 1. The first-order valence-electron chi connectivity index (χ1n) is 8.43. The van der Waals surface area contributed by atoms with Crippen LogP contribution in [0.15, 0.2) is 48.5 Å². The van der Waals surface area contributed by atoms with Crippen LogP contribution in [0.1, 0.15) is 30.5 Å². The normalized spacial score (nSPS) is 14.5. The molecule has 0 aromatic heterocycles. The van der Waals surface area contributed by atoms with Crippen molar-refractivity contribution in [1.82, 2.24) is 5.32 Å². The average Bonchev–Trinajstić information content (AvgIpc) is 2.61. The van der Waals surface area contributed by atoms with E-state index in [1.807, 2.05) is 62.4 Å². The molecule has 0 saturated heterocycles. The van der Waals surface area contributed by atoms with Gasteiger partial charge in [-0.3, -0.25) is 9.59 Å². The molecule has 0 bridgehead atoms. The predicted octanol–water partition coefficient (Wildman–Crippen LogP) is 2.99. The number of hydrogen-bond donors (Lipinski definition) is 1. The van der Waals surface area contributed by atoms with Gasteiger partial charge in [0.2, 0.25) is 5.91 Å². The van der Waals surface area contributed by atoms with Crippen molar-refractivity contribution in [3.8, 4) is 5.75 Å². The maximum atomic E-state index is 12.3. The maximum absolute atomic E-state index is 12.3. The second-order valence-electron chi connectivity index (χ2n) is 6.26. The molecule has 0 fully saturated rings. The third-order valence-electron chi connectivity index (χ3n) is 4.30. The standard InChI is InChI=1S/C20H22N2O3/c1-14-8-9-18-17(12-14)22(20(24)13-25-18)11-10-19(23)21-15(2)16-6-4-3-5-7-16/h3-9,12,15H,10-11,13H2,1-2H3,(H,21,23)/t15-/m0/s1. The van der Waals surface area contributed by atoms with E-state index in [0.29, 0.717) is 12.3 Å². The van der Waals surface area contributed by atoms with Crippen molar-refractivity contribution in [1.29, 1.82) is 0 Å². The number of anilines is 1. The Kier molecular flexibility index (Phi) is 5.03. The molecular weight excluding hydrogens is 316 g/mol. The molecule has 1 N–H and O–H groups in total. The van der Waals surface area contributed by atoms with Gasteiger partial charge < -0.3 is 15.0 Å². The zero-order valence-electron chi connectivity index (χ0n) is 14.5. The predicted molar refractivity (Wildman–Crippen MR) is 96.6 cm³/mol. The Bertz CT molecular complexity index is 774. The minimum absolute atomic E-state index is 0.0120. The lowest BCUT2D eigenvalue weighted by Gasteiger charge is -2.29. The number of nitrogens with one attached hydrogen (secondary N) is 1. The lowest BCUT2D eigenvalue weighted by molar-refractivity contribution is -0.122. The fourth-order valence-electron chi connectivity index (χ4n) is 2.91. The summed E-state index contributed by atoms with van der Waals surface area (Å²) in [5.74, 6) is 0.482. The highest BCUT2D eigenvalue weighted by Gasteiger charge is 2.26. The van der Waals surface area contributed by atoms with Gasteiger partial charge in [-0.1, -0.05) is 36.4 Å². The average molecular weight is 338 g/mol. The Hall–Kier alpha value is -2.82. The fraction of sp³-hybridized carbons (Fsp3) is 0.300. The third kappa shape index (κ3) is 3.99. The summed E-state index contributed by atoms with van der Waals surface area (Å²) in [6.07, 6.45) is 0.246. The van der Waals surface area contributed by atoms with Crippen molar-refractivity contribution in [2.45, 2.75) is 26.3 Å². The molecule has 5 nitrogen and oxygen atoms in total. The molecule has 2 aromatic rings. The zero-order chi connectivity index (χ0) is 17.8. The lowest BCUT2D eigenvalue weighted by Crippen LogP contribution is -2.41. The van der Waals surface area contributed by atoms with E-state index in [2.05, 4.69) is 5.32 Å². The van der Waals surface area contributed by atoms with Crippen molar-refractivity contribution in [2.75, 3.05) is 18.1 Å². The van der Waals surface area contributed by atoms with Gasteiger partial charge in [0.1, 0.15) is 5.75 Å². The molecule has 0 unspecified atom stereocenters. The van der Waals surface area contributed by atoms with Gasteiger partial charge in [-0.15, -0.1) is 0 Å². The number of fused-ring (bicyclic) bond motifs is 1. The fourth-order valence-corrected chi connectivity index (χ4v) is 2.91. The zero-order valence-corrected chi connectivity index (χ0v) is 14.5. The summed E-state index contributed by atoms with van der Waals surface area (Å²) >= 11 is 0. The molecule has 1 aliphatic rings. The minimum atomic E-state index is -0.123. The first-order chi connectivity index (χ1) is 12.0. The van der Waals surface area contributed by atoms with Gasteiger partial charge >= 0.3 is 0 Å². The first kappa shape index (κ1) is 17.0. The summed E-state index contributed by atoms with van der Waals surface area (Å²) < 4.78 is 5.46. The van der Waals surface area contributed by atoms with E-state index in [4.69, 9.17) is 4.74 Å². The number of carbonyl (C=O) groups excluding carboxylic acids is 2. The minimum Gasteiger partial charge on any atom is -0.482 e. The molecule has 0 aliphatic carbocycles. The first-order valence-corrected chi connectivity index (χ1v) is 8.43. The second-order valence-corrected chi connectivity index (χ2v) is 6.26. The highest BCUT2D eigenvalue weighted by atomic mass is 16.5. The summed E-state index contributed by atoms with van der Waals surface area (Å²) in [5.41, 5.74) is 2.84. The van der Waals surface area contributed by atoms with Crippen molar-refractivity contribution >= 4 is 17.5 Å². The lowest BCUT2D eigenvalue weighted by atomic mass is 10.1. The summed E-state index contributed by atoms with van der Waals surface area (Å²) in [7, 11) is 0. The molecule has 25 heavy (non-hydrogen) atoms. The maximum Gasteiger partial charge on any atom is 0.265 e. The van der Waals surface area contributed by atoms with Crippen LogP contribution in [0, 0.1) is 6.92 Å². The second kappa shape index (κ2) is 7.38. The number of hydrogen-bond acceptors (Lipinski definition) is 3. The van der Waals surface area contributed by atoms with Crippen LogP contribution < -0.4 is 15.0 Å². The van der Waals surface area contributed by atoms with Gasteiger partial charge in [-0.2, -0.15) is 0 Å². The van der Waals surface area contributed by atoms with Crippen LogP contribution >= 0.6 is 0 Å². The van der Waals surface area contributed by atoms with Crippen molar-refractivity contribution in [3.05, 3.63) is 59.7 Å². The molecule has 130 valence electrons. The van der Waals surface area contributed by atoms with Gasteiger partial charge in [-0.05, 0) is 37.1 Å². The largest absolute Gasteiger partial charge is 0.482 e. The van der Waals surface area contributed by atoms with E-state index in [9.17, 15) is 9.59 Å². The number of nitrogens with zero attached hydrogens (tertiary/aromatic N) is 1. The van der Waals surface area contributed by atoms with Crippen LogP contribution in [0.25, 0.3) is 0 Å². The van der Waals surface area contributed by atoms with Gasteiger partial charge in [0.25, 0.3) is 5.91 Å². The van der Waals surface area contributed by atoms with Crippen molar-refractivity contribution in [3.63, 3.8) is 0 Å². The van der Waals surface area contributed by atoms with Crippen LogP contribution in [-0.2, 0) is 9.59 Å². The van der Waals surface area contributed by atoms with Crippen LogP contribution in [0.3, 0.4) is 0 Å². The van der Waals surface area contributed by atoms with E-state index in [1.165, 1.54) is 0 Å². The SMILES string of the molecule is Cc1ccc2c(c1)N(CCC(=O)N[C@@H](C)c1ccccc1)C(=O)CO2. The van der Waals surface area contributed by atoms with Crippen LogP contribution in [0.4, 0.5) is 5.69 Å². The summed E-state index contributed by atoms with van der Waals surface area (Å²) in [6, 6.07) is 15.5. The molecule has 2 aromatic carbocycles. The number of benzene rings is 2. The Morgan fingerprint density at radius 2 is 2.00 bits per heavy atom. The molecule has 1 aliphatic heterocycles. The summed E-state index contributed by atoms with van der Waals surface area (Å²) in [6.45, 7) is 4.27. The van der Waals surface area contributed by atoms with Gasteiger partial charge in [-0.25, -0.2) is 0 Å². The van der Waals surface area contributed by atoms with E-state index in [1.54, 1.807) is 4.90 Å². The van der Waals surface area contributed by atoms with Crippen molar-refractivity contribution in [2.24, 2.45) is 0 Å². The number of carbonyl (C=O) groups is 2. The van der Waals surface area contributed by atoms with Crippen LogP contribution in [0.2, 0.25) is 0 Å². The molecule has 0 spiro atoms. The topological polar surface area (TPSA) is 58.6 Å². The molecule has 1 heterocycles. The Labute approximate surface area is 147 Å². The van der Waals surface area contributed by atoms with Crippen LogP contribution in [0.5, 0.6) is 5.75 Å². The van der Waals surface area contributed by atoms with E-state index in [0.717, 1.165) is 16.8 Å². The Morgan fingerprint density at radius 1 is 1.24 bits per heavy atom. The number of amides is 2. The van der Waals surface area contributed by atoms with Crippen molar-refractivity contribution < 1.29 is 14.3 Å². The Morgan fingerprint density at radius 3 is 2.76 bits per heavy atom. The monoisotopic (exact) mass is 338 g/mol. The van der Waals surface area contributed by atoms with E-state index < -0.39 is 0 Å². The smallest absolute Gasteiger partial charge is 0.265 e. The Balaban J connectivity index is 1.62. The molecule has 5 heteroatoms. The van der Waals surface area contributed by atoms with Gasteiger partial charge in [0, 0.05) is 13.0 Å². The molecule has 0 radical (unpaired) electrons. The van der Waals surface area contributed by atoms with Gasteiger partial charge in [0.05, 0.1) is 11.7 Å². The molecular formula is C20H22N2O3. The summed E-state index contributed by atoms with van der Waals surface area (Å²) in [5, 5.41) is 2.98. The van der Waals surface area contributed by atoms with E-state index >= 15 is 0 Å². The van der Waals surface area contributed by atoms with E-state index in [-0.39, 0.29) is 30.9 Å². The third-order valence-corrected chi connectivity index (χ3v) is 4.30. The van der Waals surface area contributed by atoms with Crippen LogP contribution in [-0.4, -0.2) is 25.0 Å². The van der Waals surface area contributed by atoms with Gasteiger partial charge in [0.15, 0.2) is 6.61 Å². The highest BCUT2D eigenvalue weighted by Crippen LogP contribution is 2.32. The summed E-state index contributed by atoms with van der Waals surface area (Å²) in [4.78, 5) is 26.1. The number of rotatable bonds is 5. The number of ether oxygens (including phenoxy) is 1. The molecule has 2 amide bonds. The molecule has 3 rings (SSSR count). The molecule has 0 saturated carbocycles. The quantitative estimate of drug-likeness (QED) is 0.912. The molecule has 1 atom stereocenters.